The highest BCUT2D eigenvalue weighted by atomic mass is 35.5. The molecule has 0 unspecified atom stereocenters. The van der Waals surface area contributed by atoms with Crippen LogP contribution in [0.1, 0.15) is 34.9 Å². The van der Waals surface area contributed by atoms with E-state index < -0.39 is 0 Å². The molecule has 6 heteroatoms. The van der Waals surface area contributed by atoms with Crippen molar-refractivity contribution >= 4 is 28.8 Å². The highest BCUT2D eigenvalue weighted by molar-refractivity contribution is 7.16. The minimum atomic E-state index is -0.0505. The normalized spacial score (nSPS) is 12.4. The van der Waals surface area contributed by atoms with Gasteiger partial charge in [0.2, 0.25) is 5.91 Å². The second-order valence-corrected chi connectivity index (χ2v) is 6.16. The van der Waals surface area contributed by atoms with Gasteiger partial charge in [-0.1, -0.05) is 16.8 Å². The molecule has 0 spiro atoms. The Balaban J connectivity index is 1.98. The van der Waals surface area contributed by atoms with Crippen molar-refractivity contribution in [1.29, 1.82) is 0 Å². The summed E-state index contributed by atoms with van der Waals surface area (Å²) in [6.07, 6.45) is 0.282. The van der Waals surface area contributed by atoms with Crippen LogP contribution >= 0.6 is 22.9 Å². The molecule has 1 N–H and O–H groups in total. The van der Waals surface area contributed by atoms with Gasteiger partial charge in [0.05, 0.1) is 22.5 Å². The predicted molar refractivity (Wildman–Crippen MR) is 75.6 cm³/mol. The van der Waals surface area contributed by atoms with Crippen LogP contribution in [0, 0.1) is 13.8 Å². The lowest BCUT2D eigenvalue weighted by molar-refractivity contribution is -0.121. The molecule has 2 rings (SSSR count). The fourth-order valence-electron chi connectivity index (χ4n) is 1.84. The van der Waals surface area contributed by atoms with E-state index in [0.29, 0.717) is 5.76 Å². The van der Waals surface area contributed by atoms with E-state index >= 15 is 0 Å². The van der Waals surface area contributed by atoms with E-state index in [4.69, 9.17) is 16.1 Å². The van der Waals surface area contributed by atoms with Crippen molar-refractivity contribution in [2.24, 2.45) is 0 Å². The molecule has 0 aliphatic rings. The summed E-state index contributed by atoms with van der Waals surface area (Å²) in [6.45, 7) is 5.58. The van der Waals surface area contributed by atoms with Crippen molar-refractivity contribution in [3.63, 3.8) is 0 Å². The molecule has 0 fully saturated rings. The summed E-state index contributed by atoms with van der Waals surface area (Å²) in [6, 6.07) is 3.71. The second-order valence-electron chi connectivity index (χ2n) is 4.41. The number of aryl methyl sites for hydroxylation is 2. The molecule has 19 heavy (non-hydrogen) atoms. The highest BCUT2D eigenvalue weighted by Crippen LogP contribution is 2.26. The number of carbonyl (C=O) groups is 1. The summed E-state index contributed by atoms with van der Waals surface area (Å²) in [5, 5.41) is 6.79. The Kier molecular flexibility index (Phi) is 4.27. The Hall–Kier alpha value is -1.33. The van der Waals surface area contributed by atoms with Crippen molar-refractivity contribution in [3.8, 4) is 0 Å². The summed E-state index contributed by atoms with van der Waals surface area (Å²) >= 11 is 7.35. The fraction of sp³-hybridized carbons (Fsp3) is 0.385. The summed E-state index contributed by atoms with van der Waals surface area (Å²) in [5.74, 6) is 0.644. The van der Waals surface area contributed by atoms with Gasteiger partial charge >= 0.3 is 0 Å². The summed E-state index contributed by atoms with van der Waals surface area (Å²) in [5.41, 5.74) is 1.62. The zero-order chi connectivity index (χ0) is 14.0. The first-order valence-corrected chi connectivity index (χ1v) is 7.13. The summed E-state index contributed by atoms with van der Waals surface area (Å²) < 4.78 is 5.77. The first-order chi connectivity index (χ1) is 8.97. The van der Waals surface area contributed by atoms with Crippen LogP contribution in [0.2, 0.25) is 4.34 Å². The quantitative estimate of drug-likeness (QED) is 0.941. The number of carbonyl (C=O) groups excluding carboxylic acids is 1. The van der Waals surface area contributed by atoms with E-state index in [9.17, 15) is 4.79 Å². The van der Waals surface area contributed by atoms with Crippen LogP contribution in [-0.4, -0.2) is 11.1 Å². The maximum Gasteiger partial charge on any atom is 0.225 e. The van der Waals surface area contributed by atoms with Crippen molar-refractivity contribution in [3.05, 3.63) is 38.4 Å². The Morgan fingerprint density at radius 2 is 2.26 bits per heavy atom. The Labute approximate surface area is 120 Å². The van der Waals surface area contributed by atoms with Gasteiger partial charge in [-0.15, -0.1) is 11.3 Å². The molecular formula is C13H15ClN2O2S. The first-order valence-electron chi connectivity index (χ1n) is 5.93. The molecule has 0 aromatic carbocycles. The van der Waals surface area contributed by atoms with Gasteiger partial charge in [-0.2, -0.15) is 0 Å². The van der Waals surface area contributed by atoms with E-state index in [1.807, 2.05) is 32.9 Å². The smallest absolute Gasteiger partial charge is 0.225 e. The van der Waals surface area contributed by atoms with E-state index in [1.165, 1.54) is 11.3 Å². The number of nitrogens with one attached hydrogen (secondary N) is 1. The second kappa shape index (κ2) is 5.75. The average molecular weight is 299 g/mol. The molecule has 0 saturated heterocycles. The molecule has 2 aromatic rings. The van der Waals surface area contributed by atoms with Crippen LogP contribution in [0.4, 0.5) is 0 Å². The van der Waals surface area contributed by atoms with Crippen LogP contribution in [0.5, 0.6) is 0 Å². The van der Waals surface area contributed by atoms with Crippen molar-refractivity contribution in [2.75, 3.05) is 0 Å². The third-order valence-corrected chi connectivity index (χ3v) is 4.33. The van der Waals surface area contributed by atoms with Crippen LogP contribution in [0.25, 0.3) is 0 Å². The number of hydrogen-bond donors (Lipinski definition) is 1. The van der Waals surface area contributed by atoms with E-state index in [2.05, 4.69) is 10.5 Å². The summed E-state index contributed by atoms with van der Waals surface area (Å²) in [7, 11) is 0. The third kappa shape index (κ3) is 3.36. The van der Waals surface area contributed by atoms with Gasteiger partial charge in [0, 0.05) is 10.4 Å². The van der Waals surface area contributed by atoms with Gasteiger partial charge < -0.3 is 9.84 Å². The number of nitrogens with zero attached hydrogens (tertiary/aromatic N) is 1. The Bertz CT molecular complexity index is 572. The fourth-order valence-corrected chi connectivity index (χ4v) is 2.90. The summed E-state index contributed by atoms with van der Waals surface area (Å²) in [4.78, 5) is 13.0. The van der Waals surface area contributed by atoms with Crippen molar-refractivity contribution in [1.82, 2.24) is 10.5 Å². The minimum Gasteiger partial charge on any atom is -0.361 e. The molecule has 102 valence electrons. The monoisotopic (exact) mass is 298 g/mol. The van der Waals surface area contributed by atoms with Gasteiger partial charge in [0.25, 0.3) is 0 Å². The SMILES string of the molecule is Cc1noc(C)c1CC(=O)N[C@H](C)c1ccc(Cl)s1. The van der Waals surface area contributed by atoms with Crippen LogP contribution < -0.4 is 5.32 Å². The number of thiophene rings is 1. The van der Waals surface area contributed by atoms with E-state index in [1.54, 1.807) is 0 Å². The number of rotatable bonds is 4. The average Bonchev–Trinajstić information content (AvgIpc) is 2.90. The molecule has 0 aliphatic carbocycles. The minimum absolute atomic E-state index is 0.0496. The topological polar surface area (TPSA) is 55.1 Å². The number of halogens is 1. The van der Waals surface area contributed by atoms with E-state index in [0.717, 1.165) is 20.5 Å². The Morgan fingerprint density at radius 3 is 2.79 bits per heavy atom. The maximum atomic E-state index is 12.0. The van der Waals surface area contributed by atoms with Gasteiger partial charge in [-0.3, -0.25) is 4.79 Å². The number of amides is 1. The predicted octanol–water partition coefficient (Wildman–Crippen LogP) is 3.43. The van der Waals surface area contributed by atoms with Gasteiger partial charge in [-0.25, -0.2) is 0 Å². The van der Waals surface area contributed by atoms with Crippen LogP contribution in [0.15, 0.2) is 16.7 Å². The molecule has 0 aliphatic heterocycles. The lowest BCUT2D eigenvalue weighted by Crippen LogP contribution is -2.27. The molecule has 1 amide bonds. The first kappa shape index (κ1) is 14.1. The molecule has 0 saturated carbocycles. The zero-order valence-corrected chi connectivity index (χ0v) is 12.6. The zero-order valence-electron chi connectivity index (χ0n) is 11.0. The molecule has 4 nitrogen and oxygen atoms in total. The van der Waals surface area contributed by atoms with Gasteiger partial charge in [-0.05, 0) is 32.9 Å². The van der Waals surface area contributed by atoms with Gasteiger partial charge in [0.15, 0.2) is 0 Å². The largest absolute Gasteiger partial charge is 0.361 e. The van der Waals surface area contributed by atoms with Crippen molar-refractivity contribution < 1.29 is 9.32 Å². The maximum absolute atomic E-state index is 12.0. The molecule has 0 radical (unpaired) electrons. The lowest BCUT2D eigenvalue weighted by Gasteiger charge is -2.11. The molecule has 1 atom stereocenters. The third-order valence-electron chi connectivity index (χ3n) is 2.92. The van der Waals surface area contributed by atoms with Crippen LogP contribution in [0.3, 0.4) is 0 Å². The molecule has 0 bridgehead atoms. The molecule has 2 heterocycles. The van der Waals surface area contributed by atoms with Crippen LogP contribution in [-0.2, 0) is 11.2 Å². The van der Waals surface area contributed by atoms with Crippen molar-refractivity contribution in [2.45, 2.75) is 33.2 Å². The van der Waals surface area contributed by atoms with E-state index in [-0.39, 0.29) is 18.4 Å². The lowest BCUT2D eigenvalue weighted by atomic mass is 10.1. The van der Waals surface area contributed by atoms with Gasteiger partial charge in [0.1, 0.15) is 5.76 Å². The molecular weight excluding hydrogens is 284 g/mol. The number of hydrogen-bond acceptors (Lipinski definition) is 4. The number of aromatic nitrogens is 1. The highest BCUT2D eigenvalue weighted by Gasteiger charge is 2.16. The standard InChI is InChI=1S/C13H15ClN2O2S/c1-7-10(9(3)18-16-7)6-13(17)15-8(2)11-4-5-12(14)19-11/h4-5,8H,6H2,1-3H3,(H,15,17)/t8-/m1/s1. The Morgan fingerprint density at radius 1 is 1.53 bits per heavy atom. The molecule has 2 aromatic heterocycles.